The highest BCUT2D eigenvalue weighted by Crippen LogP contribution is 2.21. The van der Waals surface area contributed by atoms with E-state index in [2.05, 4.69) is 21.0 Å². The van der Waals surface area contributed by atoms with Crippen molar-refractivity contribution in [3.05, 3.63) is 40.2 Å². The molecule has 1 aliphatic heterocycles. The molecule has 7 heteroatoms. The van der Waals surface area contributed by atoms with E-state index >= 15 is 0 Å². The summed E-state index contributed by atoms with van der Waals surface area (Å²) in [5.74, 6) is 0.538. The van der Waals surface area contributed by atoms with E-state index in [1.165, 1.54) is 0 Å². The number of pyridine rings is 1. The lowest BCUT2D eigenvalue weighted by Crippen LogP contribution is -2.48. The smallest absolute Gasteiger partial charge is 0.253 e. The Morgan fingerprint density at radius 2 is 2.14 bits per heavy atom. The molecule has 0 radical (unpaired) electrons. The van der Waals surface area contributed by atoms with Gasteiger partial charge in [0.15, 0.2) is 0 Å². The number of hydrogen-bond acceptors (Lipinski definition) is 4. The van der Waals surface area contributed by atoms with Crippen molar-refractivity contribution < 1.29 is 4.79 Å². The molecule has 2 aromatic heterocycles. The predicted octanol–water partition coefficient (Wildman–Crippen LogP) is 2.91. The van der Waals surface area contributed by atoms with E-state index < -0.39 is 0 Å². The normalized spacial score (nSPS) is 13.5. The van der Waals surface area contributed by atoms with E-state index in [0.717, 1.165) is 36.6 Å². The maximum absolute atomic E-state index is 12.1. The average Bonchev–Trinajstić information content (AvgIpc) is 2.90. The molecule has 2 N–H and O–H groups in total. The molecule has 0 spiro atoms. The van der Waals surface area contributed by atoms with Crippen molar-refractivity contribution in [2.75, 3.05) is 19.6 Å². The maximum atomic E-state index is 12.1. The van der Waals surface area contributed by atoms with Crippen LogP contribution in [0.15, 0.2) is 29.0 Å². The zero-order chi connectivity index (χ0) is 13.9. The van der Waals surface area contributed by atoms with Crippen molar-refractivity contribution in [3.63, 3.8) is 0 Å². The topological polar surface area (TPSA) is 54.0 Å². The van der Waals surface area contributed by atoms with Crippen LogP contribution in [0.4, 0.5) is 0 Å². The first-order valence-electron chi connectivity index (χ1n) is 6.73. The third-order valence-corrected chi connectivity index (χ3v) is 4.25. The van der Waals surface area contributed by atoms with Crippen LogP contribution in [0, 0.1) is 12.8 Å². The lowest BCUT2D eigenvalue weighted by Gasteiger charge is -2.27. The number of carbonyl (C=O) groups excluding carboxylic acids is 1. The van der Waals surface area contributed by atoms with Gasteiger partial charge in [-0.3, -0.25) is 9.78 Å². The highest BCUT2D eigenvalue weighted by Gasteiger charge is 2.18. The predicted molar refractivity (Wildman–Crippen MR) is 95.5 cm³/mol. The van der Waals surface area contributed by atoms with Crippen LogP contribution in [0.5, 0.6) is 0 Å². The highest BCUT2D eigenvalue weighted by molar-refractivity contribution is 7.08. The number of rotatable bonds is 4. The molecule has 22 heavy (non-hydrogen) atoms. The lowest BCUT2D eigenvalue weighted by atomic mass is 10.0. The quantitative estimate of drug-likeness (QED) is 0.882. The molecular weight excluding hydrogens is 341 g/mol. The molecule has 120 valence electrons. The Morgan fingerprint density at radius 1 is 1.36 bits per heavy atom. The van der Waals surface area contributed by atoms with Gasteiger partial charge in [0.1, 0.15) is 0 Å². The maximum Gasteiger partial charge on any atom is 0.253 e. The highest BCUT2D eigenvalue weighted by atomic mass is 35.5. The van der Waals surface area contributed by atoms with E-state index in [-0.39, 0.29) is 30.7 Å². The molecular formula is C15H19Cl2N3OS. The monoisotopic (exact) mass is 359 g/mol. The van der Waals surface area contributed by atoms with E-state index in [0.29, 0.717) is 11.5 Å². The van der Waals surface area contributed by atoms with Crippen molar-refractivity contribution in [3.8, 4) is 11.3 Å². The van der Waals surface area contributed by atoms with Crippen LogP contribution in [0.1, 0.15) is 16.1 Å². The molecule has 1 amide bonds. The molecule has 0 unspecified atom stereocenters. The summed E-state index contributed by atoms with van der Waals surface area (Å²) in [5, 5.41) is 10.3. The van der Waals surface area contributed by atoms with Gasteiger partial charge in [0.2, 0.25) is 0 Å². The fraction of sp³-hybridized carbons (Fsp3) is 0.333. The van der Waals surface area contributed by atoms with Crippen LogP contribution in [-0.2, 0) is 0 Å². The molecule has 0 aromatic carbocycles. The van der Waals surface area contributed by atoms with Crippen LogP contribution >= 0.6 is 36.2 Å². The largest absolute Gasteiger partial charge is 0.352 e. The summed E-state index contributed by atoms with van der Waals surface area (Å²) in [6.07, 6.45) is 0. The molecule has 1 fully saturated rings. The van der Waals surface area contributed by atoms with Gasteiger partial charge in [-0.1, -0.05) is 0 Å². The molecule has 0 bridgehead atoms. The number of aromatic nitrogens is 1. The number of amides is 1. The minimum absolute atomic E-state index is 0. The van der Waals surface area contributed by atoms with Gasteiger partial charge in [0.25, 0.3) is 5.91 Å². The van der Waals surface area contributed by atoms with Crippen LogP contribution in [-0.4, -0.2) is 30.5 Å². The van der Waals surface area contributed by atoms with Crippen molar-refractivity contribution in [2.45, 2.75) is 6.92 Å². The third kappa shape index (κ3) is 4.20. The first-order valence-corrected chi connectivity index (χ1v) is 7.67. The number of nitrogens with zero attached hydrogens (tertiary/aromatic N) is 1. The Hall–Kier alpha value is -1.14. The van der Waals surface area contributed by atoms with Gasteiger partial charge in [-0.25, -0.2) is 0 Å². The van der Waals surface area contributed by atoms with Crippen LogP contribution in [0.2, 0.25) is 0 Å². The van der Waals surface area contributed by atoms with Crippen molar-refractivity contribution >= 4 is 42.1 Å². The van der Waals surface area contributed by atoms with E-state index in [9.17, 15) is 4.79 Å². The van der Waals surface area contributed by atoms with Crippen molar-refractivity contribution in [2.24, 2.45) is 5.92 Å². The van der Waals surface area contributed by atoms with Gasteiger partial charge in [0, 0.05) is 36.5 Å². The zero-order valence-electron chi connectivity index (χ0n) is 12.2. The molecule has 1 aliphatic rings. The molecule has 0 atom stereocenters. The number of aryl methyl sites for hydroxylation is 1. The molecule has 1 saturated heterocycles. The molecule has 0 saturated carbocycles. The summed E-state index contributed by atoms with van der Waals surface area (Å²) in [4.78, 5) is 16.7. The zero-order valence-corrected chi connectivity index (χ0v) is 14.6. The summed E-state index contributed by atoms with van der Waals surface area (Å²) in [7, 11) is 0. The van der Waals surface area contributed by atoms with E-state index in [1.807, 2.05) is 30.5 Å². The summed E-state index contributed by atoms with van der Waals surface area (Å²) >= 11 is 1.65. The van der Waals surface area contributed by atoms with Crippen molar-refractivity contribution in [1.82, 2.24) is 15.6 Å². The van der Waals surface area contributed by atoms with Gasteiger partial charge in [-0.05, 0) is 30.5 Å². The first-order chi connectivity index (χ1) is 9.74. The minimum atomic E-state index is -0.0289. The summed E-state index contributed by atoms with van der Waals surface area (Å²) in [5.41, 5.74) is 3.46. The minimum Gasteiger partial charge on any atom is -0.352 e. The molecule has 0 aliphatic carbocycles. The SMILES string of the molecule is Cc1nc(-c2ccsc2)ccc1C(=O)NCC1CNC1.Cl.Cl. The van der Waals surface area contributed by atoms with Gasteiger partial charge in [-0.2, -0.15) is 11.3 Å². The second-order valence-electron chi connectivity index (χ2n) is 5.08. The first kappa shape index (κ1) is 18.9. The standard InChI is InChI=1S/C15H17N3OS.2ClH/c1-10-13(15(19)17-8-11-6-16-7-11)2-3-14(18-10)12-4-5-20-9-12;;/h2-5,9,11,16H,6-8H2,1H3,(H,17,19);2*1H. The summed E-state index contributed by atoms with van der Waals surface area (Å²) < 4.78 is 0. The Balaban J connectivity index is 0.00000121. The fourth-order valence-corrected chi connectivity index (χ4v) is 2.85. The van der Waals surface area contributed by atoms with Gasteiger partial charge in [-0.15, -0.1) is 24.8 Å². The van der Waals surface area contributed by atoms with Gasteiger partial charge in [0.05, 0.1) is 17.0 Å². The van der Waals surface area contributed by atoms with Gasteiger partial charge < -0.3 is 10.6 Å². The van der Waals surface area contributed by atoms with Crippen molar-refractivity contribution in [1.29, 1.82) is 0 Å². The molecule has 2 aromatic rings. The average molecular weight is 360 g/mol. The number of hydrogen-bond donors (Lipinski definition) is 2. The third-order valence-electron chi connectivity index (χ3n) is 3.56. The molecule has 4 nitrogen and oxygen atoms in total. The number of carbonyl (C=O) groups is 1. The second-order valence-corrected chi connectivity index (χ2v) is 5.86. The molecule has 3 heterocycles. The summed E-state index contributed by atoms with van der Waals surface area (Å²) in [6, 6.07) is 5.81. The van der Waals surface area contributed by atoms with E-state index in [4.69, 9.17) is 0 Å². The Bertz CT molecular complexity index is 615. The van der Waals surface area contributed by atoms with E-state index in [1.54, 1.807) is 11.3 Å². The second kappa shape index (κ2) is 8.48. The molecule has 3 rings (SSSR count). The number of halogens is 2. The fourth-order valence-electron chi connectivity index (χ4n) is 2.20. The Labute approximate surface area is 146 Å². The number of nitrogens with one attached hydrogen (secondary N) is 2. The lowest BCUT2D eigenvalue weighted by molar-refractivity contribution is 0.0941. The summed E-state index contributed by atoms with van der Waals surface area (Å²) in [6.45, 7) is 4.61. The van der Waals surface area contributed by atoms with Crippen LogP contribution < -0.4 is 10.6 Å². The Morgan fingerprint density at radius 3 is 2.68 bits per heavy atom. The Kier molecular flexibility index (Phi) is 7.29. The van der Waals surface area contributed by atoms with Gasteiger partial charge >= 0.3 is 0 Å². The van der Waals surface area contributed by atoms with Crippen LogP contribution in [0.25, 0.3) is 11.3 Å². The van der Waals surface area contributed by atoms with Crippen LogP contribution in [0.3, 0.4) is 0 Å². The number of thiophene rings is 1.